The Morgan fingerprint density at radius 1 is 1.75 bits per heavy atom. The lowest BCUT2D eigenvalue weighted by Gasteiger charge is -2.02. The quantitative estimate of drug-likeness (QED) is 0.660. The van der Waals surface area contributed by atoms with Crippen LogP contribution in [0.4, 0.5) is 0 Å². The number of carboxylic acids is 1. The zero-order valence-corrected chi connectivity index (χ0v) is 7.45. The molecule has 0 spiro atoms. The van der Waals surface area contributed by atoms with E-state index in [1.54, 1.807) is 14.0 Å². The molecule has 0 saturated heterocycles. The summed E-state index contributed by atoms with van der Waals surface area (Å²) in [7, 11) is 1.66. The first kappa shape index (κ1) is 8.98. The van der Waals surface area contributed by atoms with E-state index in [0.717, 1.165) is 11.8 Å². The number of aryl methyl sites for hydroxylation is 1. The first-order valence-corrected chi connectivity index (χ1v) is 4.11. The number of hydrogen-bond donors (Lipinski definition) is 1. The van der Waals surface area contributed by atoms with Crippen molar-refractivity contribution in [3.8, 4) is 0 Å². The van der Waals surface area contributed by atoms with Crippen LogP contribution in [-0.2, 0) is 11.8 Å². The third-order valence-corrected chi connectivity index (χ3v) is 2.32. The summed E-state index contributed by atoms with van der Waals surface area (Å²) in [6, 6.07) is 0. The predicted octanol–water partition coefficient (Wildman–Crippen LogP) is -0.225. The van der Waals surface area contributed by atoms with E-state index in [-0.39, 0.29) is 0 Å². The van der Waals surface area contributed by atoms with Gasteiger partial charge < -0.3 is 5.11 Å². The molecule has 1 rings (SSSR count). The minimum atomic E-state index is -0.872. The SMILES string of the molecule is CC(Sc1nnnn1C)C(=O)O. The van der Waals surface area contributed by atoms with Crippen molar-refractivity contribution in [1.82, 2.24) is 20.2 Å². The van der Waals surface area contributed by atoms with Gasteiger partial charge in [0.05, 0.1) is 0 Å². The smallest absolute Gasteiger partial charge is 0.316 e. The Morgan fingerprint density at radius 3 is 2.83 bits per heavy atom. The molecule has 0 aromatic carbocycles. The van der Waals surface area contributed by atoms with Crippen LogP contribution in [0.5, 0.6) is 0 Å². The number of tetrazole rings is 1. The fourth-order valence-corrected chi connectivity index (χ4v) is 1.22. The molecule has 0 bridgehead atoms. The van der Waals surface area contributed by atoms with E-state index in [9.17, 15) is 4.79 Å². The maximum absolute atomic E-state index is 10.4. The van der Waals surface area contributed by atoms with Crippen molar-refractivity contribution in [2.24, 2.45) is 7.05 Å². The van der Waals surface area contributed by atoms with Gasteiger partial charge in [-0.3, -0.25) is 4.79 Å². The van der Waals surface area contributed by atoms with Crippen LogP contribution in [0.3, 0.4) is 0 Å². The van der Waals surface area contributed by atoms with Gasteiger partial charge in [0.2, 0.25) is 5.16 Å². The highest BCUT2D eigenvalue weighted by Crippen LogP contribution is 2.18. The fourth-order valence-electron chi connectivity index (χ4n) is 0.530. The van der Waals surface area contributed by atoms with Gasteiger partial charge in [0.25, 0.3) is 0 Å². The molecule has 0 radical (unpaired) electrons. The predicted molar refractivity (Wildman–Crippen MR) is 41.8 cm³/mol. The third kappa shape index (κ3) is 1.94. The highest BCUT2D eigenvalue weighted by atomic mass is 32.2. The third-order valence-electron chi connectivity index (χ3n) is 1.21. The van der Waals surface area contributed by atoms with Crippen molar-refractivity contribution < 1.29 is 9.90 Å². The second kappa shape index (κ2) is 3.53. The van der Waals surface area contributed by atoms with Crippen LogP contribution in [0.1, 0.15) is 6.92 Å². The first-order chi connectivity index (χ1) is 5.61. The van der Waals surface area contributed by atoms with E-state index in [1.807, 2.05) is 0 Å². The van der Waals surface area contributed by atoms with Crippen molar-refractivity contribution in [1.29, 1.82) is 0 Å². The molecule has 66 valence electrons. The largest absolute Gasteiger partial charge is 0.480 e. The molecule has 7 heteroatoms. The zero-order valence-electron chi connectivity index (χ0n) is 6.63. The molecule has 1 unspecified atom stereocenters. The van der Waals surface area contributed by atoms with Crippen molar-refractivity contribution in [3.05, 3.63) is 0 Å². The van der Waals surface area contributed by atoms with Crippen molar-refractivity contribution in [3.63, 3.8) is 0 Å². The molecule has 1 atom stereocenters. The lowest BCUT2D eigenvalue weighted by atomic mass is 10.5. The van der Waals surface area contributed by atoms with Crippen molar-refractivity contribution in [2.75, 3.05) is 0 Å². The summed E-state index contributed by atoms with van der Waals surface area (Å²) in [6.07, 6.45) is 0. The Hall–Kier alpha value is -1.11. The lowest BCUT2D eigenvalue weighted by Crippen LogP contribution is -2.12. The number of carbonyl (C=O) groups is 1. The number of rotatable bonds is 3. The minimum Gasteiger partial charge on any atom is -0.480 e. The Bertz CT molecular complexity index is 287. The van der Waals surface area contributed by atoms with E-state index in [1.165, 1.54) is 4.68 Å². The molecule has 0 aliphatic carbocycles. The summed E-state index contributed by atoms with van der Waals surface area (Å²) in [6.45, 7) is 1.58. The average molecular weight is 188 g/mol. The molecule has 0 saturated carbocycles. The second-order valence-corrected chi connectivity index (χ2v) is 3.49. The topological polar surface area (TPSA) is 80.9 Å². The highest BCUT2D eigenvalue weighted by Gasteiger charge is 2.15. The van der Waals surface area contributed by atoms with Crippen LogP contribution in [0.2, 0.25) is 0 Å². The molecule has 6 nitrogen and oxygen atoms in total. The van der Waals surface area contributed by atoms with Crippen LogP contribution in [0, 0.1) is 0 Å². The van der Waals surface area contributed by atoms with E-state index >= 15 is 0 Å². The summed E-state index contributed by atoms with van der Waals surface area (Å²) < 4.78 is 1.43. The zero-order chi connectivity index (χ0) is 9.14. The minimum absolute atomic E-state index is 0.505. The standard InChI is InChI=1S/C5H8N4O2S/c1-3(4(10)11)12-5-6-7-8-9(5)2/h3H,1-2H3,(H,10,11). The monoisotopic (exact) mass is 188 g/mol. The van der Waals surface area contributed by atoms with E-state index < -0.39 is 11.2 Å². The van der Waals surface area contributed by atoms with Crippen molar-refractivity contribution in [2.45, 2.75) is 17.3 Å². The summed E-state index contributed by atoms with van der Waals surface area (Å²) in [5.41, 5.74) is 0. The number of hydrogen-bond acceptors (Lipinski definition) is 5. The normalized spacial score (nSPS) is 12.8. The molecule has 12 heavy (non-hydrogen) atoms. The Kier molecular flexibility index (Phi) is 2.64. The van der Waals surface area contributed by atoms with E-state index in [4.69, 9.17) is 5.11 Å². The Balaban J connectivity index is 2.64. The Labute approximate surface area is 73.0 Å². The van der Waals surface area contributed by atoms with Crippen LogP contribution in [0.25, 0.3) is 0 Å². The van der Waals surface area contributed by atoms with Crippen molar-refractivity contribution >= 4 is 17.7 Å². The first-order valence-electron chi connectivity index (χ1n) is 3.23. The van der Waals surface area contributed by atoms with Crippen LogP contribution in [-0.4, -0.2) is 36.5 Å². The number of nitrogens with zero attached hydrogens (tertiary/aromatic N) is 4. The number of aromatic nitrogens is 4. The average Bonchev–Trinajstić information content (AvgIpc) is 2.36. The van der Waals surface area contributed by atoms with Gasteiger partial charge in [-0.15, -0.1) is 5.10 Å². The molecule has 0 aliphatic rings. The molecule has 1 aromatic heterocycles. The van der Waals surface area contributed by atoms with Gasteiger partial charge in [0.1, 0.15) is 5.25 Å². The number of aliphatic carboxylic acids is 1. The molecule has 0 fully saturated rings. The summed E-state index contributed by atoms with van der Waals surface area (Å²) in [5.74, 6) is -0.872. The highest BCUT2D eigenvalue weighted by molar-refractivity contribution is 8.00. The maximum atomic E-state index is 10.4. The van der Waals surface area contributed by atoms with E-state index in [0.29, 0.717) is 5.16 Å². The van der Waals surface area contributed by atoms with Gasteiger partial charge in [-0.2, -0.15) is 0 Å². The number of carboxylic acid groups (broad SMARTS) is 1. The molecule has 0 amide bonds. The molecule has 1 aromatic rings. The Morgan fingerprint density at radius 2 is 2.42 bits per heavy atom. The van der Waals surface area contributed by atoms with Gasteiger partial charge >= 0.3 is 5.97 Å². The maximum Gasteiger partial charge on any atom is 0.316 e. The van der Waals surface area contributed by atoms with Gasteiger partial charge in [0, 0.05) is 7.05 Å². The van der Waals surface area contributed by atoms with Gasteiger partial charge in [-0.05, 0) is 17.4 Å². The molecular formula is C5H8N4O2S. The molecular weight excluding hydrogens is 180 g/mol. The van der Waals surface area contributed by atoms with Gasteiger partial charge in [0.15, 0.2) is 0 Å². The summed E-state index contributed by atoms with van der Waals surface area (Å²) in [4.78, 5) is 10.4. The van der Waals surface area contributed by atoms with Gasteiger partial charge in [-0.1, -0.05) is 11.8 Å². The van der Waals surface area contributed by atoms with Gasteiger partial charge in [-0.25, -0.2) is 4.68 Å². The summed E-state index contributed by atoms with van der Waals surface area (Å²) >= 11 is 1.11. The second-order valence-electron chi connectivity index (χ2n) is 2.18. The lowest BCUT2D eigenvalue weighted by molar-refractivity contribution is -0.136. The van der Waals surface area contributed by atoms with Crippen LogP contribution < -0.4 is 0 Å². The van der Waals surface area contributed by atoms with Crippen LogP contribution >= 0.6 is 11.8 Å². The molecule has 1 heterocycles. The molecule has 1 N–H and O–H groups in total. The van der Waals surface area contributed by atoms with Crippen LogP contribution in [0.15, 0.2) is 5.16 Å². The van der Waals surface area contributed by atoms with E-state index in [2.05, 4.69) is 15.5 Å². The fraction of sp³-hybridized carbons (Fsp3) is 0.600. The summed E-state index contributed by atoms with van der Waals surface area (Å²) in [5, 5.41) is 19.1. The molecule has 0 aliphatic heterocycles. The number of thioether (sulfide) groups is 1.